The molecule has 1 rings (SSSR count). The molecule has 1 atom stereocenters. The summed E-state index contributed by atoms with van der Waals surface area (Å²) in [5.74, 6) is -0.198. The van der Waals surface area contributed by atoms with Crippen LogP contribution < -0.4 is 10.9 Å². The second-order valence-electron chi connectivity index (χ2n) is 6.12. The molecule has 0 fully saturated rings. The van der Waals surface area contributed by atoms with E-state index in [1.807, 2.05) is 13.8 Å². The largest absolute Gasteiger partial charge is 0.393 e. The highest BCUT2D eigenvalue weighted by molar-refractivity contribution is 5.75. The Morgan fingerprint density at radius 3 is 2.75 bits per heavy atom. The predicted octanol–water partition coefficient (Wildman–Crippen LogP) is 1.07. The van der Waals surface area contributed by atoms with Gasteiger partial charge in [-0.15, -0.1) is 0 Å². The maximum absolute atomic E-state index is 11.9. The topological polar surface area (TPSA) is 71.3 Å². The Hall–Kier alpha value is -1.62. The maximum Gasteiger partial charge on any atom is 0.253 e. The van der Waals surface area contributed by atoms with Gasteiger partial charge < -0.3 is 15.0 Å². The Morgan fingerprint density at radius 2 is 2.15 bits per heavy atom. The van der Waals surface area contributed by atoms with Crippen LogP contribution in [0.1, 0.15) is 32.8 Å². The summed E-state index contributed by atoms with van der Waals surface area (Å²) in [5.41, 5.74) is 0.294. The number of aromatic nitrogens is 1. The molecule has 2 N–H and O–H groups in total. The highest BCUT2D eigenvalue weighted by atomic mass is 16.3. The smallest absolute Gasteiger partial charge is 0.253 e. The zero-order valence-electron chi connectivity index (χ0n) is 12.6. The normalized spacial score (nSPS) is 13.1. The Kier molecular flexibility index (Phi) is 5.51. The van der Waals surface area contributed by atoms with E-state index in [9.17, 15) is 14.7 Å². The van der Waals surface area contributed by atoms with Gasteiger partial charge in [0.15, 0.2) is 0 Å². The van der Waals surface area contributed by atoms with Gasteiger partial charge in [0.25, 0.3) is 5.56 Å². The van der Waals surface area contributed by atoms with E-state index in [4.69, 9.17) is 0 Å². The molecular formula is C15H24N2O3. The lowest BCUT2D eigenvalue weighted by molar-refractivity contribution is -0.122. The van der Waals surface area contributed by atoms with Crippen LogP contribution in [0.15, 0.2) is 23.1 Å². The van der Waals surface area contributed by atoms with E-state index in [1.165, 1.54) is 4.57 Å². The Labute approximate surface area is 119 Å². The first-order chi connectivity index (χ1) is 9.21. The van der Waals surface area contributed by atoms with E-state index in [0.29, 0.717) is 18.5 Å². The molecule has 0 saturated heterocycles. The molecule has 0 aliphatic carbocycles. The Morgan fingerprint density at radius 1 is 1.50 bits per heavy atom. The summed E-state index contributed by atoms with van der Waals surface area (Å²) in [6.07, 6.45) is 1.81. The SMILES string of the molecule is Cc1cccn(CC(=O)NCC(C)(C)CC(C)O)c1=O. The van der Waals surface area contributed by atoms with Crippen LogP contribution in [0.2, 0.25) is 0 Å². The molecule has 5 nitrogen and oxygen atoms in total. The number of amides is 1. The first-order valence-electron chi connectivity index (χ1n) is 6.82. The molecule has 0 saturated carbocycles. The van der Waals surface area contributed by atoms with Crippen LogP contribution in [0.3, 0.4) is 0 Å². The zero-order valence-corrected chi connectivity index (χ0v) is 12.6. The summed E-state index contributed by atoms with van der Waals surface area (Å²) in [5, 5.41) is 12.2. The van der Waals surface area contributed by atoms with Crippen molar-refractivity contribution in [2.24, 2.45) is 5.41 Å². The molecule has 1 aromatic heterocycles. The van der Waals surface area contributed by atoms with Crippen LogP contribution >= 0.6 is 0 Å². The summed E-state index contributed by atoms with van der Waals surface area (Å²) in [7, 11) is 0. The molecule has 1 unspecified atom stereocenters. The summed E-state index contributed by atoms with van der Waals surface area (Å²) >= 11 is 0. The number of nitrogens with one attached hydrogen (secondary N) is 1. The average Bonchev–Trinajstić information content (AvgIpc) is 2.31. The molecule has 0 bridgehead atoms. The molecule has 0 spiro atoms. The highest BCUT2D eigenvalue weighted by Gasteiger charge is 2.21. The monoisotopic (exact) mass is 280 g/mol. The van der Waals surface area contributed by atoms with Crippen molar-refractivity contribution in [3.05, 3.63) is 34.2 Å². The second-order valence-corrected chi connectivity index (χ2v) is 6.12. The molecule has 20 heavy (non-hydrogen) atoms. The number of hydrogen-bond donors (Lipinski definition) is 2. The first-order valence-corrected chi connectivity index (χ1v) is 6.82. The van der Waals surface area contributed by atoms with Crippen molar-refractivity contribution < 1.29 is 9.90 Å². The van der Waals surface area contributed by atoms with Crippen molar-refractivity contribution in [2.45, 2.75) is 46.8 Å². The number of nitrogens with zero attached hydrogens (tertiary/aromatic N) is 1. The number of hydrogen-bond acceptors (Lipinski definition) is 3. The molecule has 0 radical (unpaired) electrons. The molecule has 5 heteroatoms. The number of aryl methyl sites for hydroxylation is 1. The number of carbonyl (C=O) groups is 1. The van der Waals surface area contributed by atoms with Gasteiger partial charge in [0.05, 0.1) is 6.10 Å². The Balaban J connectivity index is 2.56. The summed E-state index contributed by atoms with van der Waals surface area (Å²) in [4.78, 5) is 23.7. The summed E-state index contributed by atoms with van der Waals surface area (Å²) < 4.78 is 1.40. The summed E-state index contributed by atoms with van der Waals surface area (Å²) in [6.45, 7) is 7.92. The third-order valence-corrected chi connectivity index (χ3v) is 3.14. The fourth-order valence-electron chi connectivity index (χ4n) is 2.20. The van der Waals surface area contributed by atoms with Crippen molar-refractivity contribution in [1.29, 1.82) is 0 Å². The lowest BCUT2D eigenvalue weighted by atomic mass is 9.87. The van der Waals surface area contributed by atoms with Gasteiger partial charge >= 0.3 is 0 Å². The van der Waals surface area contributed by atoms with Gasteiger partial charge in [-0.3, -0.25) is 9.59 Å². The minimum absolute atomic E-state index is 0.0191. The van der Waals surface area contributed by atoms with Gasteiger partial charge in [-0.05, 0) is 31.7 Å². The second kappa shape index (κ2) is 6.70. The molecule has 0 aromatic carbocycles. The van der Waals surface area contributed by atoms with Crippen LogP contribution in [0.25, 0.3) is 0 Å². The molecule has 1 aromatic rings. The number of aliphatic hydroxyl groups excluding tert-OH is 1. The van der Waals surface area contributed by atoms with Gasteiger partial charge in [-0.1, -0.05) is 19.9 Å². The number of rotatable bonds is 6. The van der Waals surface area contributed by atoms with Gasteiger partial charge in [0.1, 0.15) is 6.54 Å². The third-order valence-electron chi connectivity index (χ3n) is 3.14. The lowest BCUT2D eigenvalue weighted by Crippen LogP contribution is -2.39. The van der Waals surface area contributed by atoms with E-state index < -0.39 is 6.10 Å². The fraction of sp³-hybridized carbons (Fsp3) is 0.600. The molecule has 0 aliphatic rings. The van der Waals surface area contributed by atoms with E-state index in [-0.39, 0.29) is 23.4 Å². The standard InChI is InChI=1S/C15H24N2O3/c1-11-6-5-7-17(14(11)20)9-13(19)16-10-15(3,4)8-12(2)18/h5-7,12,18H,8-10H2,1-4H3,(H,16,19). The van der Waals surface area contributed by atoms with Crippen LogP contribution in [-0.2, 0) is 11.3 Å². The van der Waals surface area contributed by atoms with Gasteiger partial charge in [-0.25, -0.2) is 0 Å². The highest BCUT2D eigenvalue weighted by Crippen LogP contribution is 2.20. The number of aliphatic hydroxyl groups is 1. The van der Waals surface area contributed by atoms with E-state index in [2.05, 4.69) is 5.32 Å². The minimum Gasteiger partial charge on any atom is -0.393 e. The number of carbonyl (C=O) groups excluding carboxylic acids is 1. The van der Waals surface area contributed by atoms with Crippen LogP contribution in [-0.4, -0.2) is 28.2 Å². The maximum atomic E-state index is 11.9. The van der Waals surface area contributed by atoms with E-state index in [1.54, 1.807) is 32.2 Å². The minimum atomic E-state index is -0.402. The molecule has 1 heterocycles. The average molecular weight is 280 g/mol. The van der Waals surface area contributed by atoms with Crippen molar-refractivity contribution in [2.75, 3.05) is 6.54 Å². The fourth-order valence-corrected chi connectivity index (χ4v) is 2.20. The van der Waals surface area contributed by atoms with E-state index in [0.717, 1.165) is 0 Å². The summed E-state index contributed by atoms with van der Waals surface area (Å²) in [6, 6.07) is 3.48. The van der Waals surface area contributed by atoms with Crippen molar-refractivity contribution in [3.63, 3.8) is 0 Å². The third kappa shape index (κ3) is 5.17. The van der Waals surface area contributed by atoms with Gasteiger partial charge in [-0.2, -0.15) is 0 Å². The van der Waals surface area contributed by atoms with Crippen molar-refractivity contribution in [3.8, 4) is 0 Å². The van der Waals surface area contributed by atoms with Gasteiger partial charge in [0.2, 0.25) is 5.91 Å². The van der Waals surface area contributed by atoms with Crippen molar-refractivity contribution in [1.82, 2.24) is 9.88 Å². The van der Waals surface area contributed by atoms with Crippen LogP contribution in [0.4, 0.5) is 0 Å². The molecular weight excluding hydrogens is 256 g/mol. The predicted molar refractivity (Wildman–Crippen MR) is 78.5 cm³/mol. The van der Waals surface area contributed by atoms with Crippen LogP contribution in [0.5, 0.6) is 0 Å². The first kappa shape index (κ1) is 16.4. The lowest BCUT2D eigenvalue weighted by Gasteiger charge is -2.26. The molecule has 1 amide bonds. The Bertz CT molecular complexity index is 518. The van der Waals surface area contributed by atoms with Crippen molar-refractivity contribution >= 4 is 5.91 Å². The number of pyridine rings is 1. The molecule has 0 aliphatic heterocycles. The quantitative estimate of drug-likeness (QED) is 0.819. The molecule has 112 valence electrons. The zero-order chi connectivity index (χ0) is 15.3. The van der Waals surface area contributed by atoms with Gasteiger partial charge in [0, 0.05) is 18.3 Å². The van der Waals surface area contributed by atoms with E-state index >= 15 is 0 Å². The van der Waals surface area contributed by atoms with Crippen LogP contribution in [0, 0.1) is 12.3 Å².